The molecule has 0 bridgehead atoms. The number of aromatic nitrogens is 2. The predicted molar refractivity (Wildman–Crippen MR) is 178 cm³/mol. The van der Waals surface area contributed by atoms with Crippen molar-refractivity contribution >= 4 is 27.4 Å². The van der Waals surface area contributed by atoms with Gasteiger partial charge >= 0.3 is 0 Å². The van der Waals surface area contributed by atoms with Crippen molar-refractivity contribution in [1.29, 1.82) is 0 Å². The van der Waals surface area contributed by atoms with Gasteiger partial charge in [0, 0.05) is 63.1 Å². The fraction of sp³-hybridized carbons (Fsp3) is 0.0732. The van der Waals surface area contributed by atoms with Gasteiger partial charge in [0.2, 0.25) is 0 Å². The van der Waals surface area contributed by atoms with Crippen LogP contribution in [-0.4, -0.2) is 9.97 Å². The van der Waals surface area contributed by atoms with Crippen LogP contribution in [0.4, 0.5) is 0 Å². The maximum atomic E-state index is 3.78. The predicted octanol–water partition coefficient (Wildman–Crippen LogP) is 9.82. The van der Waals surface area contributed by atoms with E-state index in [2.05, 4.69) is 168 Å². The molecule has 2 heterocycles. The summed E-state index contributed by atoms with van der Waals surface area (Å²) >= 11 is 0. The zero-order valence-electron chi connectivity index (χ0n) is 23.7. The second-order valence-corrected chi connectivity index (χ2v) is 11.3. The molecule has 0 radical (unpaired) electrons. The number of H-pyrrole nitrogens is 2. The number of rotatable bonds is 4. The molecule has 2 N–H and O–H groups in total. The topological polar surface area (TPSA) is 31.6 Å². The summed E-state index contributed by atoms with van der Waals surface area (Å²) in [5, 5.41) is 2.53. The van der Waals surface area contributed by atoms with Crippen molar-refractivity contribution in [2.24, 2.45) is 0 Å². The van der Waals surface area contributed by atoms with Crippen LogP contribution in [0, 0.1) is 11.8 Å². The van der Waals surface area contributed by atoms with Crippen LogP contribution in [-0.2, 0) is 0 Å². The summed E-state index contributed by atoms with van der Waals surface area (Å²) in [6, 6.07) is 49.6. The van der Waals surface area contributed by atoms with Crippen molar-refractivity contribution in [2.75, 3.05) is 0 Å². The minimum atomic E-state index is 0.0606. The van der Waals surface area contributed by atoms with E-state index >= 15 is 0 Å². The first-order chi connectivity index (χ1) is 21.4. The molecule has 1 aliphatic rings. The van der Waals surface area contributed by atoms with Gasteiger partial charge in [-0.25, -0.2) is 0 Å². The third-order valence-electron chi connectivity index (χ3n) is 8.93. The van der Waals surface area contributed by atoms with E-state index in [-0.39, 0.29) is 17.8 Å². The normalized spacial score (nSPS) is 18.2. The lowest BCUT2D eigenvalue weighted by Gasteiger charge is -2.28. The van der Waals surface area contributed by atoms with Crippen molar-refractivity contribution in [3.8, 4) is 11.8 Å². The van der Waals surface area contributed by atoms with Gasteiger partial charge in [-0.05, 0) is 52.1 Å². The number of para-hydroxylation sites is 2. The van der Waals surface area contributed by atoms with E-state index in [1.54, 1.807) is 0 Å². The van der Waals surface area contributed by atoms with Crippen molar-refractivity contribution in [3.63, 3.8) is 0 Å². The molecular weight excluding hydrogens is 520 g/mol. The summed E-state index contributed by atoms with van der Waals surface area (Å²) in [7, 11) is 0. The molecule has 0 saturated carbocycles. The highest BCUT2D eigenvalue weighted by Crippen LogP contribution is 2.61. The third-order valence-corrected chi connectivity index (χ3v) is 8.93. The number of nitrogens with one attached hydrogen (secondary N) is 2. The van der Waals surface area contributed by atoms with Crippen LogP contribution >= 0.6 is 0 Å². The van der Waals surface area contributed by atoms with Crippen LogP contribution in [0.1, 0.15) is 45.6 Å². The van der Waals surface area contributed by atoms with Gasteiger partial charge in [-0.1, -0.05) is 127 Å². The average Bonchev–Trinajstić information content (AvgIpc) is 3.78. The van der Waals surface area contributed by atoms with Crippen molar-refractivity contribution in [1.82, 2.24) is 9.97 Å². The van der Waals surface area contributed by atoms with Gasteiger partial charge in [0.1, 0.15) is 0 Å². The van der Waals surface area contributed by atoms with Crippen LogP contribution in [0.5, 0.6) is 0 Å². The largest absolute Gasteiger partial charge is 0.361 e. The molecule has 3 atom stereocenters. The molecule has 7 aromatic rings. The number of hydrogen-bond acceptors (Lipinski definition) is 0. The van der Waals surface area contributed by atoms with E-state index in [1.807, 2.05) is 6.07 Å². The molecular formula is C41H30N2. The number of allylic oxidation sites excluding steroid dienone is 2. The van der Waals surface area contributed by atoms with Gasteiger partial charge < -0.3 is 9.97 Å². The molecule has 5 aromatic carbocycles. The summed E-state index contributed by atoms with van der Waals surface area (Å²) in [6.07, 6.45) is 4.47. The fourth-order valence-corrected chi connectivity index (χ4v) is 7.11. The van der Waals surface area contributed by atoms with Crippen LogP contribution in [0.3, 0.4) is 0 Å². The first kappa shape index (κ1) is 25.2. The summed E-state index contributed by atoms with van der Waals surface area (Å²) in [5.74, 6) is 7.60. The van der Waals surface area contributed by atoms with E-state index in [4.69, 9.17) is 0 Å². The van der Waals surface area contributed by atoms with Crippen molar-refractivity contribution in [3.05, 3.63) is 185 Å². The molecule has 2 nitrogen and oxygen atoms in total. The second-order valence-electron chi connectivity index (χ2n) is 11.3. The Morgan fingerprint density at radius 3 is 1.67 bits per heavy atom. The Balaban J connectivity index is 1.48. The molecule has 2 aromatic heterocycles. The fourth-order valence-electron chi connectivity index (χ4n) is 7.11. The van der Waals surface area contributed by atoms with Gasteiger partial charge in [-0.2, -0.15) is 0 Å². The van der Waals surface area contributed by atoms with E-state index < -0.39 is 0 Å². The Kier molecular flexibility index (Phi) is 6.28. The molecule has 43 heavy (non-hydrogen) atoms. The molecule has 0 spiro atoms. The van der Waals surface area contributed by atoms with Gasteiger partial charge in [-0.3, -0.25) is 0 Å². The molecule has 0 saturated heterocycles. The van der Waals surface area contributed by atoms with Crippen LogP contribution in [0.15, 0.2) is 157 Å². The zero-order chi connectivity index (χ0) is 28.6. The maximum absolute atomic E-state index is 3.78. The number of benzene rings is 5. The Bertz CT molecular complexity index is 2140. The highest BCUT2D eigenvalue weighted by Gasteiger charge is 2.46. The second kappa shape index (κ2) is 10.7. The first-order valence-electron chi connectivity index (χ1n) is 14.9. The third kappa shape index (κ3) is 4.38. The monoisotopic (exact) mass is 550 g/mol. The smallest absolute Gasteiger partial charge is 0.0457 e. The van der Waals surface area contributed by atoms with E-state index in [1.165, 1.54) is 44.2 Å². The lowest BCUT2D eigenvalue weighted by Crippen LogP contribution is -2.14. The van der Waals surface area contributed by atoms with E-state index in [0.29, 0.717) is 0 Å². The van der Waals surface area contributed by atoms with E-state index in [0.717, 1.165) is 16.6 Å². The SMILES string of the molecule is C(#Cc1ccccc1)C1=C(c2ccccc2)[C@H](c2c[nH]c3ccccc23)[C@@H](c2c[nH]c3ccccc23)[C@@H]1c1ccccc1. The minimum Gasteiger partial charge on any atom is -0.361 e. The van der Waals surface area contributed by atoms with Crippen molar-refractivity contribution in [2.45, 2.75) is 17.8 Å². The highest BCUT2D eigenvalue weighted by molar-refractivity contribution is 5.93. The van der Waals surface area contributed by atoms with Gasteiger partial charge in [0.15, 0.2) is 0 Å². The Labute approximate surface area is 251 Å². The molecule has 0 aliphatic heterocycles. The zero-order valence-corrected chi connectivity index (χ0v) is 23.7. The van der Waals surface area contributed by atoms with Crippen LogP contribution < -0.4 is 0 Å². The average molecular weight is 551 g/mol. The quantitative estimate of drug-likeness (QED) is 0.204. The number of aromatic amines is 2. The molecule has 1 aliphatic carbocycles. The number of fused-ring (bicyclic) bond motifs is 2. The van der Waals surface area contributed by atoms with Crippen LogP contribution in [0.25, 0.3) is 27.4 Å². The summed E-state index contributed by atoms with van der Waals surface area (Å²) in [4.78, 5) is 7.21. The summed E-state index contributed by atoms with van der Waals surface area (Å²) in [5.41, 5.74) is 11.0. The molecule has 8 rings (SSSR count). The molecule has 204 valence electrons. The molecule has 2 heteroatoms. The van der Waals surface area contributed by atoms with Gasteiger partial charge in [-0.15, -0.1) is 0 Å². The molecule has 0 fully saturated rings. The first-order valence-corrected chi connectivity index (χ1v) is 14.9. The minimum absolute atomic E-state index is 0.0606. The van der Waals surface area contributed by atoms with Crippen LogP contribution in [0.2, 0.25) is 0 Å². The number of hydrogen-bond donors (Lipinski definition) is 2. The summed E-state index contributed by atoms with van der Waals surface area (Å²) in [6.45, 7) is 0. The molecule has 0 amide bonds. The highest BCUT2D eigenvalue weighted by atomic mass is 14.7. The Hall–Kier alpha value is -5.52. The summed E-state index contributed by atoms with van der Waals surface area (Å²) < 4.78 is 0. The standard InChI is InChI=1S/C41H30N2/c1-4-14-28(15-5-1)24-25-33-38(29-16-6-2-7-17-29)40(34-26-42-36-22-12-10-20-31(34)36)41(39(33)30-18-8-3-9-19-30)35-27-43-37-23-13-11-21-32(35)37/h1-23,26-27,38,40-43H/t38-,40+,41+/m1/s1. The van der Waals surface area contributed by atoms with E-state index in [9.17, 15) is 0 Å². The lowest BCUT2D eigenvalue weighted by molar-refractivity contribution is 0.606. The maximum Gasteiger partial charge on any atom is 0.0457 e. The Morgan fingerprint density at radius 2 is 1.00 bits per heavy atom. The van der Waals surface area contributed by atoms with Crippen molar-refractivity contribution < 1.29 is 0 Å². The molecule has 0 unspecified atom stereocenters. The Morgan fingerprint density at radius 1 is 0.465 bits per heavy atom. The van der Waals surface area contributed by atoms with Gasteiger partial charge in [0.05, 0.1) is 0 Å². The van der Waals surface area contributed by atoms with Gasteiger partial charge in [0.25, 0.3) is 0 Å². The lowest BCUT2D eigenvalue weighted by atomic mass is 9.73.